The van der Waals surface area contributed by atoms with Gasteiger partial charge in [0.1, 0.15) is 11.5 Å². The van der Waals surface area contributed by atoms with Crippen molar-refractivity contribution in [2.24, 2.45) is 0 Å². The highest BCUT2D eigenvalue weighted by Crippen LogP contribution is 2.25. The molecule has 1 amide bonds. The van der Waals surface area contributed by atoms with E-state index in [1.165, 1.54) is 11.8 Å². The van der Waals surface area contributed by atoms with Crippen LogP contribution in [0.5, 0.6) is 11.5 Å². The predicted molar refractivity (Wildman–Crippen MR) is 116 cm³/mol. The number of nitrogens with one attached hydrogen (secondary N) is 1. The molecule has 0 atom stereocenters. The van der Waals surface area contributed by atoms with Crippen LogP contribution in [0.15, 0.2) is 82.6 Å². The van der Waals surface area contributed by atoms with Crippen LogP contribution in [0, 0.1) is 0 Å². The number of anilines is 1. The summed E-state index contributed by atoms with van der Waals surface area (Å²) in [6, 6.07) is 20.4. The Morgan fingerprint density at radius 3 is 2.50 bits per heavy atom. The SMILES string of the molecule is CCn1c(SCC(=O)Nc2ccc(Oc3ccccc3)cc2)nnc1-c1ccco1. The first-order valence-corrected chi connectivity index (χ1v) is 10.4. The molecule has 0 spiro atoms. The molecule has 2 aromatic carbocycles. The van der Waals surface area contributed by atoms with Crippen molar-refractivity contribution in [1.29, 1.82) is 0 Å². The Labute approximate surface area is 178 Å². The molecule has 0 aliphatic carbocycles. The van der Waals surface area contributed by atoms with E-state index in [0.29, 0.717) is 34.7 Å². The third-order valence-electron chi connectivity index (χ3n) is 4.22. The quantitative estimate of drug-likeness (QED) is 0.400. The molecule has 0 unspecified atom stereocenters. The lowest BCUT2D eigenvalue weighted by Crippen LogP contribution is -2.14. The fourth-order valence-corrected chi connectivity index (χ4v) is 3.63. The number of hydrogen-bond acceptors (Lipinski definition) is 6. The number of carbonyl (C=O) groups excluding carboxylic acids is 1. The van der Waals surface area contributed by atoms with Crippen LogP contribution >= 0.6 is 11.8 Å². The number of rotatable bonds is 8. The molecule has 0 aliphatic heterocycles. The summed E-state index contributed by atoms with van der Waals surface area (Å²) < 4.78 is 13.1. The Bertz CT molecular complexity index is 1090. The normalized spacial score (nSPS) is 10.7. The second-order valence-corrected chi connectivity index (χ2v) is 7.25. The lowest BCUT2D eigenvalue weighted by atomic mass is 10.3. The summed E-state index contributed by atoms with van der Waals surface area (Å²) in [4.78, 5) is 12.4. The van der Waals surface area contributed by atoms with Crippen molar-refractivity contribution in [3.8, 4) is 23.1 Å². The number of thioether (sulfide) groups is 1. The highest BCUT2D eigenvalue weighted by molar-refractivity contribution is 7.99. The monoisotopic (exact) mass is 420 g/mol. The van der Waals surface area contributed by atoms with E-state index < -0.39 is 0 Å². The van der Waals surface area contributed by atoms with E-state index in [1.54, 1.807) is 12.3 Å². The highest BCUT2D eigenvalue weighted by atomic mass is 32.2. The number of para-hydroxylation sites is 1. The van der Waals surface area contributed by atoms with E-state index in [9.17, 15) is 4.79 Å². The van der Waals surface area contributed by atoms with Crippen molar-refractivity contribution in [3.05, 3.63) is 73.0 Å². The van der Waals surface area contributed by atoms with Crippen molar-refractivity contribution < 1.29 is 13.9 Å². The van der Waals surface area contributed by atoms with Gasteiger partial charge in [-0.3, -0.25) is 9.36 Å². The number of aromatic nitrogens is 3. The maximum Gasteiger partial charge on any atom is 0.234 e. The summed E-state index contributed by atoms with van der Waals surface area (Å²) in [6.45, 7) is 2.68. The van der Waals surface area contributed by atoms with Crippen LogP contribution in [0.1, 0.15) is 6.92 Å². The zero-order chi connectivity index (χ0) is 20.8. The molecular weight excluding hydrogens is 400 g/mol. The fraction of sp³-hybridized carbons (Fsp3) is 0.136. The van der Waals surface area contributed by atoms with Gasteiger partial charge >= 0.3 is 0 Å². The van der Waals surface area contributed by atoms with Crippen LogP contribution in [0.25, 0.3) is 11.6 Å². The van der Waals surface area contributed by atoms with Crippen LogP contribution in [-0.2, 0) is 11.3 Å². The van der Waals surface area contributed by atoms with Gasteiger partial charge in [-0.25, -0.2) is 0 Å². The molecule has 4 aromatic rings. The molecule has 1 N–H and O–H groups in total. The number of ether oxygens (including phenoxy) is 1. The van der Waals surface area contributed by atoms with Gasteiger partial charge in [0, 0.05) is 12.2 Å². The molecule has 2 aromatic heterocycles. The van der Waals surface area contributed by atoms with E-state index in [4.69, 9.17) is 9.15 Å². The number of furan rings is 1. The molecule has 4 rings (SSSR count). The van der Waals surface area contributed by atoms with Gasteiger partial charge in [0.05, 0.1) is 12.0 Å². The number of amides is 1. The van der Waals surface area contributed by atoms with Crippen molar-refractivity contribution in [3.63, 3.8) is 0 Å². The molecule has 30 heavy (non-hydrogen) atoms. The summed E-state index contributed by atoms with van der Waals surface area (Å²) in [7, 11) is 0. The number of nitrogens with zero attached hydrogens (tertiary/aromatic N) is 3. The lowest BCUT2D eigenvalue weighted by Gasteiger charge is -2.08. The molecule has 152 valence electrons. The zero-order valence-corrected chi connectivity index (χ0v) is 17.1. The van der Waals surface area contributed by atoms with Gasteiger partial charge in [0.15, 0.2) is 16.7 Å². The second kappa shape index (κ2) is 9.32. The first kappa shape index (κ1) is 19.8. The summed E-state index contributed by atoms with van der Waals surface area (Å²) in [5.41, 5.74) is 0.703. The number of carbonyl (C=O) groups is 1. The van der Waals surface area contributed by atoms with Gasteiger partial charge in [-0.2, -0.15) is 0 Å². The van der Waals surface area contributed by atoms with Crippen LogP contribution in [-0.4, -0.2) is 26.4 Å². The molecule has 0 saturated carbocycles. The second-order valence-electron chi connectivity index (χ2n) is 6.30. The minimum Gasteiger partial charge on any atom is -0.461 e. The maximum atomic E-state index is 12.4. The third-order valence-corrected chi connectivity index (χ3v) is 5.19. The summed E-state index contributed by atoms with van der Waals surface area (Å²) in [5, 5.41) is 11.9. The molecule has 0 saturated heterocycles. The Hall–Kier alpha value is -3.52. The predicted octanol–water partition coefficient (Wildman–Crippen LogP) is 5.08. The molecule has 2 heterocycles. The summed E-state index contributed by atoms with van der Waals surface area (Å²) in [5.74, 6) is 2.87. The first-order chi connectivity index (χ1) is 14.7. The Balaban J connectivity index is 1.33. The zero-order valence-electron chi connectivity index (χ0n) is 16.3. The lowest BCUT2D eigenvalue weighted by molar-refractivity contribution is -0.113. The van der Waals surface area contributed by atoms with Crippen molar-refractivity contribution in [1.82, 2.24) is 14.8 Å². The van der Waals surface area contributed by atoms with Crippen LogP contribution in [0.3, 0.4) is 0 Å². The maximum absolute atomic E-state index is 12.4. The third kappa shape index (κ3) is 4.72. The van der Waals surface area contributed by atoms with Crippen LogP contribution in [0.2, 0.25) is 0 Å². The van der Waals surface area contributed by atoms with E-state index in [-0.39, 0.29) is 11.7 Å². The average molecular weight is 420 g/mol. The topological polar surface area (TPSA) is 82.2 Å². The number of hydrogen-bond donors (Lipinski definition) is 1. The molecule has 8 heteroatoms. The minimum atomic E-state index is -0.123. The average Bonchev–Trinajstić information content (AvgIpc) is 3.44. The van der Waals surface area contributed by atoms with Gasteiger partial charge in [-0.1, -0.05) is 30.0 Å². The van der Waals surface area contributed by atoms with E-state index in [0.717, 1.165) is 5.75 Å². The largest absolute Gasteiger partial charge is 0.461 e. The van der Waals surface area contributed by atoms with Crippen molar-refractivity contribution in [2.75, 3.05) is 11.1 Å². The minimum absolute atomic E-state index is 0.123. The van der Waals surface area contributed by atoms with E-state index in [1.807, 2.05) is 72.2 Å². The molecule has 0 aliphatic rings. The van der Waals surface area contributed by atoms with E-state index in [2.05, 4.69) is 15.5 Å². The molecule has 0 fully saturated rings. The smallest absolute Gasteiger partial charge is 0.234 e. The number of benzene rings is 2. The van der Waals surface area contributed by atoms with Gasteiger partial charge in [-0.05, 0) is 55.5 Å². The van der Waals surface area contributed by atoms with Crippen molar-refractivity contribution >= 4 is 23.4 Å². The standard InChI is InChI=1S/C22H20N4O3S/c1-2-26-21(19-9-6-14-28-19)24-25-22(26)30-15-20(27)23-16-10-12-18(13-11-16)29-17-7-4-3-5-8-17/h3-14H,2,15H2,1H3,(H,23,27). The molecular formula is C22H20N4O3S. The van der Waals surface area contributed by atoms with Gasteiger partial charge in [0.2, 0.25) is 5.91 Å². The van der Waals surface area contributed by atoms with Crippen LogP contribution < -0.4 is 10.1 Å². The molecule has 0 radical (unpaired) electrons. The summed E-state index contributed by atoms with van der Waals surface area (Å²) >= 11 is 1.33. The Kier molecular flexibility index (Phi) is 6.14. The molecule has 7 nitrogen and oxygen atoms in total. The Morgan fingerprint density at radius 1 is 1.03 bits per heavy atom. The Morgan fingerprint density at radius 2 is 1.80 bits per heavy atom. The van der Waals surface area contributed by atoms with Gasteiger partial charge < -0.3 is 14.5 Å². The van der Waals surface area contributed by atoms with Crippen LogP contribution in [0.4, 0.5) is 5.69 Å². The highest BCUT2D eigenvalue weighted by Gasteiger charge is 2.16. The van der Waals surface area contributed by atoms with Gasteiger partial charge in [0.25, 0.3) is 0 Å². The first-order valence-electron chi connectivity index (χ1n) is 9.45. The fourth-order valence-electron chi connectivity index (χ4n) is 2.83. The van der Waals surface area contributed by atoms with E-state index >= 15 is 0 Å². The van der Waals surface area contributed by atoms with Gasteiger partial charge in [-0.15, -0.1) is 10.2 Å². The summed E-state index contributed by atoms with van der Waals surface area (Å²) in [6.07, 6.45) is 1.60. The molecule has 0 bridgehead atoms. The van der Waals surface area contributed by atoms with Crippen molar-refractivity contribution in [2.45, 2.75) is 18.6 Å².